The minimum absolute atomic E-state index is 0.392. The number of benzene rings is 1. The quantitative estimate of drug-likeness (QED) is 0.711. The van der Waals surface area contributed by atoms with Gasteiger partial charge in [-0.15, -0.1) is 0 Å². The topological polar surface area (TPSA) is 77.7 Å². The Balaban J connectivity index is 1.36. The zero-order valence-electron chi connectivity index (χ0n) is 16.3. The van der Waals surface area contributed by atoms with Gasteiger partial charge in [0.1, 0.15) is 11.8 Å². The van der Waals surface area contributed by atoms with Crippen molar-refractivity contribution in [3.05, 3.63) is 60.0 Å². The van der Waals surface area contributed by atoms with Crippen LogP contribution < -0.4 is 10.2 Å². The van der Waals surface area contributed by atoms with Crippen molar-refractivity contribution in [3.63, 3.8) is 0 Å². The minimum atomic E-state index is 0.392. The van der Waals surface area contributed by atoms with E-state index in [1.165, 1.54) is 36.9 Å². The maximum absolute atomic E-state index is 8.90. The van der Waals surface area contributed by atoms with E-state index in [0.717, 1.165) is 29.0 Å². The zero-order valence-corrected chi connectivity index (χ0v) is 16.3. The zero-order chi connectivity index (χ0) is 19.8. The highest BCUT2D eigenvalue weighted by Gasteiger charge is 2.39. The molecular formula is C23H22N6. The molecule has 29 heavy (non-hydrogen) atoms. The van der Waals surface area contributed by atoms with Crippen LogP contribution in [0.3, 0.4) is 0 Å². The smallest absolute Gasteiger partial charge is 0.227 e. The molecule has 2 fully saturated rings. The molecule has 0 saturated carbocycles. The fourth-order valence-corrected chi connectivity index (χ4v) is 4.65. The van der Waals surface area contributed by atoms with Crippen molar-refractivity contribution in [2.45, 2.75) is 44.7 Å². The van der Waals surface area contributed by atoms with Crippen molar-refractivity contribution in [1.82, 2.24) is 15.0 Å². The third-order valence-electron chi connectivity index (χ3n) is 6.01. The maximum Gasteiger partial charge on any atom is 0.227 e. The van der Waals surface area contributed by atoms with Gasteiger partial charge in [0, 0.05) is 41.4 Å². The second-order valence-corrected chi connectivity index (χ2v) is 7.81. The van der Waals surface area contributed by atoms with Crippen LogP contribution in [0.2, 0.25) is 0 Å². The summed E-state index contributed by atoms with van der Waals surface area (Å²) in [6.07, 6.45) is 8.70. The lowest BCUT2D eigenvalue weighted by molar-refractivity contribution is 0.576. The van der Waals surface area contributed by atoms with Gasteiger partial charge in [-0.2, -0.15) is 5.26 Å². The normalized spacial score (nSPS) is 19.9. The van der Waals surface area contributed by atoms with Crippen LogP contribution in [-0.4, -0.2) is 27.0 Å². The Morgan fingerprint density at radius 3 is 2.48 bits per heavy atom. The summed E-state index contributed by atoms with van der Waals surface area (Å²) in [7, 11) is 0. The van der Waals surface area contributed by atoms with Crippen LogP contribution in [0.5, 0.6) is 0 Å². The highest BCUT2D eigenvalue weighted by atomic mass is 15.2. The second kappa shape index (κ2) is 7.17. The molecule has 2 saturated heterocycles. The lowest BCUT2D eigenvalue weighted by atomic mass is 10.0. The summed E-state index contributed by atoms with van der Waals surface area (Å²) in [5.74, 6) is 0.542. The molecule has 0 unspecified atom stereocenters. The van der Waals surface area contributed by atoms with Crippen molar-refractivity contribution >= 4 is 17.3 Å². The van der Waals surface area contributed by atoms with E-state index in [2.05, 4.69) is 50.3 Å². The largest absolute Gasteiger partial charge is 0.365 e. The number of rotatable bonds is 4. The SMILES string of the molecule is Cc1cc(Nc2nccc(-c3ccc(C#N)nc3)n2)ccc1N1C2CCC1CC2. The van der Waals surface area contributed by atoms with Gasteiger partial charge in [0.15, 0.2) is 0 Å². The van der Waals surface area contributed by atoms with Gasteiger partial charge < -0.3 is 10.2 Å². The third kappa shape index (κ3) is 3.29. The molecule has 6 nitrogen and oxygen atoms in total. The Bertz CT molecular complexity index is 1070. The Labute approximate surface area is 170 Å². The number of pyridine rings is 1. The highest BCUT2D eigenvalue weighted by Crippen LogP contribution is 2.42. The first kappa shape index (κ1) is 17.6. The van der Waals surface area contributed by atoms with E-state index >= 15 is 0 Å². The molecule has 0 radical (unpaired) electrons. The molecule has 2 aliphatic heterocycles. The predicted octanol–water partition coefficient (Wildman–Crippen LogP) is 4.59. The van der Waals surface area contributed by atoms with Crippen LogP contribution in [0.25, 0.3) is 11.3 Å². The summed E-state index contributed by atoms with van der Waals surface area (Å²) in [6.45, 7) is 2.18. The molecule has 3 aromatic rings. The molecule has 2 aromatic heterocycles. The van der Waals surface area contributed by atoms with Crippen LogP contribution >= 0.6 is 0 Å². The van der Waals surface area contributed by atoms with Crippen LogP contribution in [0.15, 0.2) is 48.8 Å². The van der Waals surface area contributed by atoms with Crippen molar-refractivity contribution in [2.24, 2.45) is 0 Å². The number of nitrogens with zero attached hydrogens (tertiary/aromatic N) is 5. The Kier molecular flexibility index (Phi) is 4.36. The van der Waals surface area contributed by atoms with Crippen molar-refractivity contribution < 1.29 is 0 Å². The lowest BCUT2D eigenvalue weighted by Gasteiger charge is -2.26. The highest BCUT2D eigenvalue weighted by molar-refractivity contribution is 5.66. The summed E-state index contributed by atoms with van der Waals surface area (Å²) >= 11 is 0. The van der Waals surface area contributed by atoms with E-state index in [9.17, 15) is 0 Å². The minimum Gasteiger partial charge on any atom is -0.365 e. The van der Waals surface area contributed by atoms with Crippen LogP contribution in [-0.2, 0) is 0 Å². The van der Waals surface area contributed by atoms with E-state index in [-0.39, 0.29) is 0 Å². The van der Waals surface area contributed by atoms with Gasteiger partial charge in [0.25, 0.3) is 0 Å². The van der Waals surface area contributed by atoms with E-state index < -0.39 is 0 Å². The molecule has 0 spiro atoms. The van der Waals surface area contributed by atoms with E-state index in [1.54, 1.807) is 18.5 Å². The summed E-state index contributed by atoms with van der Waals surface area (Å²) in [6, 6.07) is 15.4. The molecule has 0 atom stereocenters. The first-order chi connectivity index (χ1) is 14.2. The number of nitriles is 1. The maximum atomic E-state index is 8.90. The van der Waals surface area contributed by atoms with Crippen LogP contribution in [0.1, 0.15) is 36.9 Å². The summed E-state index contributed by atoms with van der Waals surface area (Å²) < 4.78 is 0. The average Bonchev–Trinajstić information content (AvgIpc) is 3.35. The van der Waals surface area contributed by atoms with Crippen LogP contribution in [0, 0.1) is 18.3 Å². The number of hydrogen-bond donors (Lipinski definition) is 1. The predicted molar refractivity (Wildman–Crippen MR) is 113 cm³/mol. The third-order valence-corrected chi connectivity index (χ3v) is 6.01. The number of anilines is 3. The molecule has 2 bridgehead atoms. The first-order valence-electron chi connectivity index (χ1n) is 10.1. The average molecular weight is 382 g/mol. The van der Waals surface area contributed by atoms with Gasteiger partial charge in [-0.25, -0.2) is 15.0 Å². The number of nitrogens with one attached hydrogen (secondary N) is 1. The van der Waals surface area contributed by atoms with Gasteiger partial charge in [-0.3, -0.25) is 0 Å². The summed E-state index contributed by atoms with van der Waals surface area (Å²) in [4.78, 5) is 15.7. The molecule has 6 heteroatoms. The molecule has 2 aliphatic rings. The molecule has 1 N–H and O–H groups in total. The molecule has 0 aliphatic carbocycles. The monoisotopic (exact) mass is 382 g/mol. The van der Waals surface area contributed by atoms with Gasteiger partial charge in [-0.05, 0) is 74.6 Å². The van der Waals surface area contributed by atoms with E-state index in [1.807, 2.05) is 18.2 Å². The molecule has 4 heterocycles. The molecular weight excluding hydrogens is 360 g/mol. The molecule has 0 amide bonds. The Morgan fingerprint density at radius 1 is 1.03 bits per heavy atom. The fraction of sp³-hybridized carbons (Fsp3) is 0.304. The number of aryl methyl sites for hydroxylation is 1. The van der Waals surface area contributed by atoms with Gasteiger partial charge in [-0.1, -0.05) is 0 Å². The molecule has 5 rings (SSSR count). The van der Waals surface area contributed by atoms with Gasteiger partial charge >= 0.3 is 0 Å². The number of hydrogen-bond acceptors (Lipinski definition) is 6. The van der Waals surface area contributed by atoms with Crippen molar-refractivity contribution in [1.29, 1.82) is 5.26 Å². The number of aromatic nitrogens is 3. The molecule has 144 valence electrons. The fourth-order valence-electron chi connectivity index (χ4n) is 4.65. The van der Waals surface area contributed by atoms with Gasteiger partial charge in [0.05, 0.1) is 5.69 Å². The number of fused-ring (bicyclic) bond motifs is 2. The lowest BCUT2D eigenvalue weighted by Crippen LogP contribution is -2.28. The Morgan fingerprint density at radius 2 is 1.83 bits per heavy atom. The summed E-state index contributed by atoms with van der Waals surface area (Å²) in [5, 5.41) is 12.2. The van der Waals surface area contributed by atoms with Crippen LogP contribution in [0.4, 0.5) is 17.3 Å². The first-order valence-corrected chi connectivity index (χ1v) is 10.1. The summed E-state index contributed by atoms with van der Waals surface area (Å²) in [5.41, 5.74) is 5.63. The standard InChI is InChI=1S/C23H22N6/c1-15-12-17(4-9-22(15)29-19-5-6-20(29)8-7-19)27-23-25-11-10-21(28-23)16-2-3-18(13-24)26-14-16/h2-4,9-12,14,19-20H,5-8H2,1H3,(H,25,27,28). The second-order valence-electron chi connectivity index (χ2n) is 7.81. The van der Waals surface area contributed by atoms with E-state index in [0.29, 0.717) is 11.6 Å². The van der Waals surface area contributed by atoms with Crippen molar-refractivity contribution in [3.8, 4) is 17.3 Å². The van der Waals surface area contributed by atoms with Crippen molar-refractivity contribution in [2.75, 3.05) is 10.2 Å². The molecule has 1 aromatic carbocycles. The van der Waals surface area contributed by atoms with E-state index in [4.69, 9.17) is 5.26 Å². The van der Waals surface area contributed by atoms with Gasteiger partial charge in [0.2, 0.25) is 5.95 Å². The Hall–Kier alpha value is -3.46.